The maximum Gasteiger partial charge on any atom is 0.213 e. The summed E-state index contributed by atoms with van der Waals surface area (Å²) in [7, 11) is 2.36. The van der Waals surface area contributed by atoms with Gasteiger partial charge in [0.15, 0.2) is 12.2 Å². The minimum Gasteiger partial charge on any atom is -0.331 e. The minimum atomic E-state index is -0.0390. The van der Waals surface area contributed by atoms with Crippen LogP contribution in [0.1, 0.15) is 102 Å². The summed E-state index contributed by atoms with van der Waals surface area (Å²) in [5.74, 6) is 1.51. The lowest BCUT2D eigenvalue weighted by Gasteiger charge is -2.43. The first kappa shape index (κ1) is 33.7. The maximum absolute atomic E-state index is 10.2. The Morgan fingerprint density at radius 3 is 2.37 bits per heavy atom. The first-order valence-electron chi connectivity index (χ1n) is 18.8. The van der Waals surface area contributed by atoms with E-state index in [1.165, 1.54) is 49.8 Å². The predicted octanol–water partition coefficient (Wildman–Crippen LogP) is 10.7. The van der Waals surface area contributed by atoms with Crippen LogP contribution in [0.15, 0.2) is 85.1 Å². The van der Waals surface area contributed by atoms with Gasteiger partial charge in [0.2, 0.25) is 5.69 Å². The van der Waals surface area contributed by atoms with Gasteiger partial charge in [-0.2, -0.15) is 4.57 Å². The van der Waals surface area contributed by atoms with E-state index >= 15 is 0 Å². The largest absolute Gasteiger partial charge is 0.331 e. The molecule has 0 radical (unpaired) electrons. The number of hydrogen-bond donors (Lipinski definition) is 1. The van der Waals surface area contributed by atoms with Gasteiger partial charge in [-0.1, -0.05) is 90.9 Å². The first-order valence-corrected chi connectivity index (χ1v) is 18.8. The smallest absolute Gasteiger partial charge is 0.213 e. The number of benzene rings is 3. The Morgan fingerprint density at radius 1 is 0.857 bits per heavy atom. The van der Waals surface area contributed by atoms with Gasteiger partial charge in [-0.15, -0.1) is 0 Å². The third kappa shape index (κ3) is 5.74. The highest BCUT2D eigenvalue weighted by Crippen LogP contribution is 2.46. The molecule has 0 spiro atoms. The second-order valence-electron chi connectivity index (χ2n) is 16.8. The lowest BCUT2D eigenvalue weighted by Crippen LogP contribution is -2.51. The van der Waals surface area contributed by atoms with Crippen molar-refractivity contribution in [1.82, 2.24) is 9.47 Å². The van der Waals surface area contributed by atoms with Crippen molar-refractivity contribution in [2.75, 3.05) is 13.6 Å². The van der Waals surface area contributed by atoms with Crippen molar-refractivity contribution >= 4 is 27.5 Å². The van der Waals surface area contributed by atoms with Crippen LogP contribution in [0.2, 0.25) is 0 Å². The number of aryl methyl sites for hydroxylation is 1. The van der Waals surface area contributed by atoms with Crippen LogP contribution in [-0.4, -0.2) is 34.8 Å². The highest BCUT2D eigenvalue weighted by Gasteiger charge is 2.43. The molecule has 4 heterocycles. The zero-order valence-electron chi connectivity index (χ0n) is 31.3. The van der Waals surface area contributed by atoms with Crippen LogP contribution in [0.3, 0.4) is 0 Å². The van der Waals surface area contributed by atoms with E-state index in [2.05, 4.69) is 162 Å². The molecule has 5 aromatic rings. The van der Waals surface area contributed by atoms with Crippen LogP contribution in [0.25, 0.3) is 33.1 Å². The Bertz CT molecular complexity index is 2010. The highest BCUT2D eigenvalue weighted by molar-refractivity contribution is 6.10. The van der Waals surface area contributed by atoms with Gasteiger partial charge in [-0.05, 0) is 90.9 Å². The minimum absolute atomic E-state index is 0.0390. The van der Waals surface area contributed by atoms with E-state index in [0.717, 1.165) is 31.5 Å². The number of hydrogen-bond acceptors (Lipinski definition) is 2. The fourth-order valence-electron chi connectivity index (χ4n) is 9.92. The third-order valence-corrected chi connectivity index (χ3v) is 12.4. The van der Waals surface area contributed by atoms with Gasteiger partial charge in [-0.3, -0.25) is 0 Å². The maximum atomic E-state index is 10.2. The summed E-state index contributed by atoms with van der Waals surface area (Å²) in [4.78, 5) is 2.67. The Balaban J connectivity index is 1.42. The molecule has 4 nitrogen and oxygen atoms in total. The molecule has 2 aliphatic rings. The van der Waals surface area contributed by atoms with Crippen molar-refractivity contribution in [3.63, 3.8) is 0 Å². The van der Waals surface area contributed by atoms with Crippen LogP contribution in [-0.2, 0) is 5.41 Å². The van der Waals surface area contributed by atoms with Crippen molar-refractivity contribution in [3.05, 3.63) is 102 Å². The molecule has 1 fully saturated rings. The van der Waals surface area contributed by atoms with E-state index in [-0.39, 0.29) is 17.4 Å². The Kier molecular flexibility index (Phi) is 8.84. The number of aromatic nitrogens is 2. The lowest BCUT2D eigenvalue weighted by atomic mass is 9.74. The van der Waals surface area contributed by atoms with E-state index in [4.69, 9.17) is 0 Å². The average molecular weight is 654 g/mol. The second kappa shape index (κ2) is 12.8. The summed E-state index contributed by atoms with van der Waals surface area (Å²) in [6.07, 6.45) is 5.16. The number of fused-ring (bicyclic) bond motifs is 9. The average Bonchev–Trinajstić information content (AvgIpc) is 3.40. The Morgan fingerprint density at radius 2 is 1.61 bits per heavy atom. The van der Waals surface area contributed by atoms with Crippen LogP contribution in [0.4, 0.5) is 0 Å². The molecule has 0 aliphatic carbocycles. The van der Waals surface area contributed by atoms with Crippen LogP contribution >= 0.6 is 0 Å². The molecule has 0 amide bonds. The normalized spacial score (nSPS) is 25.5. The van der Waals surface area contributed by atoms with Gasteiger partial charge < -0.3 is 14.9 Å². The molecular weight excluding hydrogens is 597 g/mol. The van der Waals surface area contributed by atoms with Crippen molar-refractivity contribution in [2.45, 2.75) is 104 Å². The molecular formula is C45H57N4+. The summed E-state index contributed by atoms with van der Waals surface area (Å²) in [6, 6.07) is 30.4. The molecule has 6 atom stereocenters. The fourth-order valence-corrected chi connectivity index (χ4v) is 9.92. The van der Waals surface area contributed by atoms with Gasteiger partial charge >= 0.3 is 0 Å². The molecule has 256 valence electrons. The molecule has 3 unspecified atom stereocenters. The molecule has 0 saturated carbocycles. The van der Waals surface area contributed by atoms with Gasteiger partial charge in [0, 0.05) is 64.6 Å². The van der Waals surface area contributed by atoms with Gasteiger partial charge in [0.05, 0.1) is 11.6 Å². The summed E-state index contributed by atoms with van der Waals surface area (Å²) >= 11 is 0. The zero-order chi connectivity index (χ0) is 34.8. The summed E-state index contributed by atoms with van der Waals surface area (Å²) < 4.78 is 5.17. The molecule has 49 heavy (non-hydrogen) atoms. The van der Waals surface area contributed by atoms with Gasteiger partial charge in [-0.25, -0.2) is 0 Å². The van der Waals surface area contributed by atoms with E-state index < -0.39 is 0 Å². The quantitative estimate of drug-likeness (QED) is 0.189. The van der Waals surface area contributed by atoms with Crippen LogP contribution in [0.5, 0.6) is 0 Å². The van der Waals surface area contributed by atoms with E-state index in [1.807, 2.05) is 0 Å². The number of para-hydroxylation sites is 1. The third-order valence-electron chi connectivity index (χ3n) is 12.4. The summed E-state index contributed by atoms with van der Waals surface area (Å²) in [5, 5.41) is 12.8. The van der Waals surface area contributed by atoms with Crippen molar-refractivity contribution in [1.29, 1.82) is 5.41 Å². The van der Waals surface area contributed by atoms with Crippen molar-refractivity contribution < 1.29 is 4.57 Å². The summed E-state index contributed by atoms with van der Waals surface area (Å²) in [5.41, 5.74) is 10.3. The molecule has 3 aromatic carbocycles. The molecule has 4 heteroatoms. The van der Waals surface area contributed by atoms with Crippen molar-refractivity contribution in [2.24, 2.45) is 17.8 Å². The van der Waals surface area contributed by atoms with Crippen molar-refractivity contribution in [3.8, 4) is 11.3 Å². The fraction of sp³-hybridized carbons (Fsp3) is 0.467. The van der Waals surface area contributed by atoms with Gasteiger partial charge in [0.1, 0.15) is 0 Å². The molecule has 7 rings (SSSR count). The predicted molar refractivity (Wildman–Crippen MR) is 207 cm³/mol. The second-order valence-corrected chi connectivity index (χ2v) is 16.8. The molecule has 0 bridgehead atoms. The monoisotopic (exact) mass is 653 g/mol. The number of rotatable bonds is 2. The molecule has 1 N–H and O–H groups in total. The first-order chi connectivity index (χ1) is 23.4. The van der Waals surface area contributed by atoms with E-state index in [9.17, 15) is 5.41 Å². The Labute approximate surface area is 294 Å². The zero-order valence-corrected chi connectivity index (χ0v) is 31.3. The summed E-state index contributed by atoms with van der Waals surface area (Å²) in [6.45, 7) is 20.0. The molecule has 2 aromatic heterocycles. The van der Waals surface area contributed by atoms with Gasteiger partial charge in [0.25, 0.3) is 0 Å². The van der Waals surface area contributed by atoms with Crippen LogP contribution in [0, 0.1) is 30.1 Å². The lowest BCUT2D eigenvalue weighted by molar-refractivity contribution is -0.719. The number of pyridine rings is 1. The topological polar surface area (TPSA) is 35.9 Å². The molecule has 2 aliphatic heterocycles. The number of nitrogens with one attached hydrogen (secondary N) is 1. The Hall–Kier alpha value is -3.76. The van der Waals surface area contributed by atoms with E-state index in [0.29, 0.717) is 29.8 Å². The van der Waals surface area contributed by atoms with E-state index in [1.54, 1.807) is 0 Å². The van der Waals surface area contributed by atoms with Crippen LogP contribution < -0.4 is 4.57 Å². The SMILES string of the molecule is Cc1cccc2c3cc(C(C)(C)C)ccc3n(C3C(=N)CCC4c5ccccc5-c5cccc[n+]5C4CCN(C)[C@@H](C(C)C)[C@H](C)[C@H]3C)c12. The number of nitrogens with zero attached hydrogens (tertiary/aromatic N) is 3. The highest BCUT2D eigenvalue weighted by atomic mass is 15.1. The molecule has 1 saturated heterocycles. The standard InChI is InChI=1S/C45H57N4/c1-28(2)42-30(4)31(5)44(49-41-23-20-32(45(6,7)8)27-37(41)36-18-14-15-29(3)43(36)49)38(46)22-21-35-33-16-10-11-17-34(33)39-19-12-13-25-48(39)40(35)24-26-47(42)9/h10-20,23,25,27-28,30-31,35,40,42,44,46H,21-22,24,26H2,1-9H3/q+1/t30-,31-,35?,40?,42+,44?/m1/s1.